The highest BCUT2D eigenvalue weighted by Gasteiger charge is 2.37. The van der Waals surface area contributed by atoms with Gasteiger partial charge in [-0.2, -0.15) is 0 Å². The Balaban J connectivity index is 0.818. The average Bonchev–Trinajstić information content (AvgIpc) is 3.91. The van der Waals surface area contributed by atoms with Crippen LogP contribution in [0.25, 0.3) is 33.7 Å². The maximum atomic E-state index is 4.98. The number of likely N-dealkylation sites (N-methyl/N-ethyl adjacent to an activating group) is 2. The number of rotatable bonds is 8. The Hall–Kier alpha value is -6.92. The minimum absolute atomic E-state index is 0.0471. The highest BCUT2D eigenvalue weighted by molar-refractivity contribution is 5.95. The highest BCUT2D eigenvalue weighted by atomic mass is 15.3. The van der Waals surface area contributed by atoms with Crippen molar-refractivity contribution >= 4 is 69.1 Å². The van der Waals surface area contributed by atoms with E-state index in [0.29, 0.717) is 0 Å². The Morgan fingerprint density at radius 1 is 0.482 bits per heavy atom. The Labute approximate surface area is 328 Å². The van der Waals surface area contributed by atoms with Gasteiger partial charge in [0.05, 0.1) is 24.8 Å². The van der Waals surface area contributed by atoms with E-state index in [1.54, 1.807) is 0 Å². The van der Waals surface area contributed by atoms with Crippen LogP contribution in [-0.4, -0.2) is 50.9 Å². The fourth-order valence-corrected chi connectivity index (χ4v) is 8.48. The molecule has 0 spiro atoms. The number of nitrogens with zero attached hydrogens (tertiary/aromatic N) is 6. The molecule has 2 aliphatic heterocycles. The SMILES string of the molecule is CN(C1=CC=CC2C1N=CN2c1ccc2cc(C=Cc3ccc4cc(N5C=NC6C(N(C)c7ccccc7)=CC=CC65)ccc4c3)ccc2c1)c1ccccc1. The molecule has 0 radical (unpaired) electrons. The lowest BCUT2D eigenvalue weighted by Crippen LogP contribution is -2.40. The molecule has 6 heteroatoms. The number of anilines is 4. The number of benzene rings is 6. The van der Waals surface area contributed by atoms with Gasteiger partial charge in [0.2, 0.25) is 0 Å². The zero-order valence-electron chi connectivity index (χ0n) is 31.5. The van der Waals surface area contributed by atoms with Crippen LogP contribution >= 0.6 is 0 Å². The second-order valence-corrected chi connectivity index (χ2v) is 14.9. The van der Waals surface area contributed by atoms with Gasteiger partial charge in [0.15, 0.2) is 0 Å². The van der Waals surface area contributed by atoms with Gasteiger partial charge in [0.25, 0.3) is 0 Å². The molecule has 56 heavy (non-hydrogen) atoms. The number of para-hydroxylation sites is 2. The molecule has 0 N–H and O–H groups in total. The van der Waals surface area contributed by atoms with E-state index in [9.17, 15) is 0 Å². The van der Waals surface area contributed by atoms with Crippen molar-refractivity contribution in [2.75, 3.05) is 33.7 Å². The van der Waals surface area contributed by atoms with E-state index >= 15 is 0 Å². The summed E-state index contributed by atoms with van der Waals surface area (Å²) in [5.74, 6) is 0. The van der Waals surface area contributed by atoms with Crippen molar-refractivity contribution < 1.29 is 0 Å². The molecule has 0 bridgehead atoms. The average molecular weight is 727 g/mol. The Kier molecular flexibility index (Phi) is 8.44. The van der Waals surface area contributed by atoms with Gasteiger partial charge in [-0.3, -0.25) is 9.98 Å². The van der Waals surface area contributed by atoms with Gasteiger partial charge in [-0.15, -0.1) is 0 Å². The Morgan fingerprint density at radius 3 is 1.34 bits per heavy atom. The molecule has 4 aliphatic rings. The first-order valence-electron chi connectivity index (χ1n) is 19.3. The zero-order chi connectivity index (χ0) is 37.6. The summed E-state index contributed by atoms with van der Waals surface area (Å²) in [7, 11) is 4.25. The third-order valence-corrected chi connectivity index (χ3v) is 11.6. The van der Waals surface area contributed by atoms with Gasteiger partial charge in [-0.1, -0.05) is 109 Å². The van der Waals surface area contributed by atoms with E-state index in [1.165, 1.54) is 44.1 Å². The Morgan fingerprint density at radius 2 is 0.893 bits per heavy atom. The van der Waals surface area contributed by atoms with E-state index in [-0.39, 0.29) is 24.2 Å². The van der Waals surface area contributed by atoms with E-state index < -0.39 is 0 Å². The number of hydrogen-bond donors (Lipinski definition) is 0. The molecule has 272 valence electrons. The third-order valence-electron chi connectivity index (χ3n) is 11.6. The molecule has 10 rings (SSSR count). The van der Waals surface area contributed by atoms with Crippen LogP contribution in [0.15, 0.2) is 191 Å². The van der Waals surface area contributed by atoms with E-state index in [4.69, 9.17) is 9.98 Å². The minimum Gasteiger partial charge on any atom is -0.346 e. The number of allylic oxidation sites excluding steroid dienone is 4. The van der Waals surface area contributed by atoms with Crippen molar-refractivity contribution in [3.05, 3.63) is 192 Å². The topological polar surface area (TPSA) is 37.7 Å². The first kappa shape index (κ1) is 33.6. The van der Waals surface area contributed by atoms with Gasteiger partial charge in [-0.05, 0) is 105 Å². The van der Waals surface area contributed by atoms with Gasteiger partial charge in [-0.25, -0.2) is 0 Å². The standard InChI is InChI=1S/C50H42N6/c1-53(41-11-5-3-6-12-41)45-15-9-17-47-49(45)51-33-55(47)43-27-25-37-29-35(21-23-39(37)31-43)19-20-36-22-24-40-32-44(28-26-38(40)30-36)56-34-52-50-46(16-10-18-48(50)56)54(2)42-13-7-4-8-14-42/h3-34,47-50H,1-2H3. The zero-order valence-corrected chi connectivity index (χ0v) is 31.5. The van der Waals surface area contributed by atoms with Crippen LogP contribution in [0.3, 0.4) is 0 Å². The second-order valence-electron chi connectivity index (χ2n) is 14.9. The van der Waals surface area contributed by atoms with Crippen LogP contribution < -0.4 is 19.6 Å². The molecule has 4 unspecified atom stereocenters. The van der Waals surface area contributed by atoms with E-state index in [1.807, 2.05) is 12.7 Å². The third kappa shape index (κ3) is 6.09. The molecule has 0 saturated heterocycles. The summed E-state index contributed by atoms with van der Waals surface area (Å²) in [5, 5.41) is 4.85. The number of hydrogen-bond acceptors (Lipinski definition) is 6. The summed E-state index contributed by atoms with van der Waals surface area (Å²) in [6.07, 6.45) is 21.6. The minimum atomic E-state index is 0.0471. The summed E-state index contributed by atoms with van der Waals surface area (Å²) in [6.45, 7) is 0. The fourth-order valence-electron chi connectivity index (χ4n) is 8.48. The molecular weight excluding hydrogens is 685 g/mol. The van der Waals surface area contributed by atoms with Gasteiger partial charge in [0.1, 0.15) is 12.1 Å². The smallest absolute Gasteiger partial charge is 0.116 e. The molecule has 6 aromatic rings. The summed E-state index contributed by atoms with van der Waals surface area (Å²) in [5.41, 5.74) is 9.36. The molecule has 2 aliphatic carbocycles. The largest absolute Gasteiger partial charge is 0.346 e. The van der Waals surface area contributed by atoms with Gasteiger partial charge >= 0.3 is 0 Å². The molecule has 6 nitrogen and oxygen atoms in total. The van der Waals surface area contributed by atoms with Gasteiger partial charge in [0, 0.05) is 48.2 Å². The van der Waals surface area contributed by atoms with Crippen molar-refractivity contribution in [2.45, 2.75) is 24.2 Å². The van der Waals surface area contributed by atoms with Crippen molar-refractivity contribution in [1.29, 1.82) is 0 Å². The maximum absolute atomic E-state index is 4.98. The molecular formula is C50H42N6. The number of fused-ring (bicyclic) bond motifs is 4. The lowest BCUT2D eigenvalue weighted by molar-refractivity contribution is 0.685. The summed E-state index contributed by atoms with van der Waals surface area (Å²) in [6, 6.07) is 48.2. The van der Waals surface area contributed by atoms with Crippen LogP contribution in [0.2, 0.25) is 0 Å². The van der Waals surface area contributed by atoms with Crippen molar-refractivity contribution in [3.63, 3.8) is 0 Å². The van der Waals surface area contributed by atoms with Crippen LogP contribution in [-0.2, 0) is 0 Å². The second kappa shape index (κ2) is 14.1. The fraction of sp³-hybridized carbons (Fsp3) is 0.120. The summed E-state index contributed by atoms with van der Waals surface area (Å²) in [4.78, 5) is 19.0. The van der Waals surface area contributed by atoms with Crippen LogP contribution in [0.1, 0.15) is 11.1 Å². The molecule has 0 aromatic heterocycles. The predicted molar refractivity (Wildman–Crippen MR) is 238 cm³/mol. The normalized spacial score (nSPS) is 20.8. The van der Waals surface area contributed by atoms with Crippen LogP contribution in [0.5, 0.6) is 0 Å². The lowest BCUT2D eigenvalue weighted by atomic mass is 9.97. The molecule has 4 atom stereocenters. The first-order valence-corrected chi connectivity index (χ1v) is 19.3. The summed E-state index contributed by atoms with van der Waals surface area (Å²) >= 11 is 0. The van der Waals surface area contributed by atoms with Gasteiger partial charge < -0.3 is 19.6 Å². The molecule has 0 saturated carbocycles. The Bertz CT molecular complexity index is 2480. The molecule has 0 fully saturated rings. The predicted octanol–water partition coefficient (Wildman–Crippen LogP) is 10.5. The van der Waals surface area contributed by atoms with Crippen molar-refractivity contribution in [1.82, 2.24) is 0 Å². The van der Waals surface area contributed by atoms with Crippen LogP contribution in [0.4, 0.5) is 22.7 Å². The van der Waals surface area contributed by atoms with Crippen molar-refractivity contribution in [3.8, 4) is 0 Å². The highest BCUT2D eigenvalue weighted by Crippen LogP contribution is 2.36. The molecule has 6 aromatic carbocycles. The quantitative estimate of drug-likeness (QED) is 0.146. The first-order chi connectivity index (χ1) is 27.6. The van der Waals surface area contributed by atoms with E-state index in [0.717, 1.165) is 22.7 Å². The molecule has 2 heterocycles. The maximum Gasteiger partial charge on any atom is 0.116 e. The summed E-state index contributed by atoms with van der Waals surface area (Å²) < 4.78 is 0. The van der Waals surface area contributed by atoms with Crippen LogP contribution in [0, 0.1) is 0 Å². The monoisotopic (exact) mass is 726 g/mol. The van der Waals surface area contributed by atoms with E-state index in [2.05, 4.69) is 216 Å². The number of aliphatic imine (C=N–C) groups is 2. The lowest BCUT2D eigenvalue weighted by Gasteiger charge is -2.33. The molecule has 0 amide bonds. The van der Waals surface area contributed by atoms with Crippen molar-refractivity contribution in [2.24, 2.45) is 9.98 Å².